The number of rotatable bonds is 3. The third kappa shape index (κ3) is 2.43. The Balaban J connectivity index is 2.52. The van der Waals surface area contributed by atoms with Crippen LogP contribution in [-0.2, 0) is 9.47 Å². The molecule has 0 spiro atoms. The minimum Gasteiger partial charge on any atom is -0.388 e. The molecular weight excluding hydrogens is 188 g/mol. The average Bonchev–Trinajstić information content (AvgIpc) is 2.18. The number of aliphatic hydroxyl groups is 3. The van der Waals surface area contributed by atoms with Gasteiger partial charge in [0, 0.05) is 6.61 Å². The normalized spacial score (nSPS) is 43.9. The van der Waals surface area contributed by atoms with E-state index in [-0.39, 0.29) is 0 Å². The van der Waals surface area contributed by atoms with E-state index in [1.54, 1.807) is 6.92 Å². The Morgan fingerprint density at radius 3 is 2.36 bits per heavy atom. The Morgan fingerprint density at radius 1 is 1.14 bits per heavy atom. The van der Waals surface area contributed by atoms with Crippen LogP contribution in [0.5, 0.6) is 0 Å². The lowest BCUT2D eigenvalue weighted by molar-refractivity contribution is -0.293. The van der Waals surface area contributed by atoms with Crippen LogP contribution in [0.1, 0.15) is 20.3 Å². The van der Waals surface area contributed by atoms with E-state index in [0.29, 0.717) is 6.61 Å². The Morgan fingerprint density at radius 2 is 1.79 bits per heavy atom. The summed E-state index contributed by atoms with van der Waals surface area (Å²) < 4.78 is 10.4. The second-order valence-electron chi connectivity index (χ2n) is 3.55. The molecule has 0 aliphatic carbocycles. The third-order valence-corrected chi connectivity index (χ3v) is 2.29. The lowest BCUT2D eigenvalue weighted by Gasteiger charge is -2.38. The van der Waals surface area contributed by atoms with Crippen molar-refractivity contribution < 1.29 is 24.8 Å². The molecule has 1 heterocycles. The zero-order valence-corrected chi connectivity index (χ0v) is 8.46. The van der Waals surface area contributed by atoms with Gasteiger partial charge in [0.15, 0.2) is 6.29 Å². The molecule has 0 amide bonds. The Kier molecular flexibility index (Phi) is 4.28. The molecular formula is C9H18O5. The first-order valence-corrected chi connectivity index (χ1v) is 4.89. The summed E-state index contributed by atoms with van der Waals surface area (Å²) in [4.78, 5) is 0. The smallest absolute Gasteiger partial charge is 0.186 e. The molecule has 84 valence electrons. The summed E-state index contributed by atoms with van der Waals surface area (Å²) >= 11 is 0. The predicted octanol–water partition coefficient (Wildman–Crippen LogP) is -0.760. The highest BCUT2D eigenvalue weighted by atomic mass is 16.7. The van der Waals surface area contributed by atoms with Gasteiger partial charge in [-0.2, -0.15) is 0 Å². The van der Waals surface area contributed by atoms with E-state index in [0.717, 1.165) is 6.42 Å². The van der Waals surface area contributed by atoms with Gasteiger partial charge >= 0.3 is 0 Å². The van der Waals surface area contributed by atoms with Crippen molar-refractivity contribution in [2.45, 2.75) is 51.0 Å². The summed E-state index contributed by atoms with van der Waals surface area (Å²) in [7, 11) is 0. The van der Waals surface area contributed by atoms with Crippen LogP contribution in [0.3, 0.4) is 0 Å². The van der Waals surface area contributed by atoms with E-state index in [1.165, 1.54) is 0 Å². The number of ether oxygens (including phenoxy) is 2. The molecule has 1 rings (SSSR count). The predicted molar refractivity (Wildman–Crippen MR) is 48.6 cm³/mol. The first-order chi connectivity index (χ1) is 6.57. The van der Waals surface area contributed by atoms with Gasteiger partial charge in [-0.1, -0.05) is 6.92 Å². The molecule has 5 nitrogen and oxygen atoms in total. The maximum absolute atomic E-state index is 9.49. The van der Waals surface area contributed by atoms with E-state index < -0.39 is 30.7 Å². The SMILES string of the molecule is CCCO[C@H]1O[C@@H](C)C(O)[C@@H](O)[C@@H]1O. The van der Waals surface area contributed by atoms with Gasteiger partial charge < -0.3 is 24.8 Å². The van der Waals surface area contributed by atoms with E-state index >= 15 is 0 Å². The highest BCUT2D eigenvalue weighted by Gasteiger charge is 2.42. The minimum atomic E-state index is -1.21. The van der Waals surface area contributed by atoms with Crippen molar-refractivity contribution in [3.63, 3.8) is 0 Å². The Labute approximate surface area is 83.3 Å². The molecule has 3 N–H and O–H groups in total. The number of aliphatic hydroxyl groups excluding tert-OH is 3. The van der Waals surface area contributed by atoms with Gasteiger partial charge in [-0.3, -0.25) is 0 Å². The van der Waals surface area contributed by atoms with Gasteiger partial charge in [-0.25, -0.2) is 0 Å². The van der Waals surface area contributed by atoms with Gasteiger partial charge in [-0.05, 0) is 13.3 Å². The van der Waals surface area contributed by atoms with Gasteiger partial charge in [0.2, 0.25) is 0 Å². The quantitative estimate of drug-likeness (QED) is 0.565. The maximum atomic E-state index is 9.49. The topological polar surface area (TPSA) is 79.2 Å². The minimum absolute atomic E-state index is 0.456. The second kappa shape index (κ2) is 5.04. The second-order valence-corrected chi connectivity index (χ2v) is 3.55. The van der Waals surface area contributed by atoms with Crippen molar-refractivity contribution in [3.8, 4) is 0 Å². The Bertz CT molecular complexity index is 175. The molecule has 0 bridgehead atoms. The molecule has 1 unspecified atom stereocenters. The van der Waals surface area contributed by atoms with Gasteiger partial charge in [0.1, 0.15) is 18.3 Å². The summed E-state index contributed by atoms with van der Waals surface area (Å²) in [5, 5.41) is 28.3. The monoisotopic (exact) mass is 206 g/mol. The zero-order valence-electron chi connectivity index (χ0n) is 8.46. The summed E-state index contributed by atoms with van der Waals surface area (Å²) in [6.45, 7) is 4.02. The molecule has 1 saturated heterocycles. The van der Waals surface area contributed by atoms with Crippen molar-refractivity contribution in [2.75, 3.05) is 6.61 Å². The van der Waals surface area contributed by atoms with Crippen LogP contribution in [0, 0.1) is 0 Å². The van der Waals surface area contributed by atoms with E-state index in [4.69, 9.17) is 9.47 Å². The van der Waals surface area contributed by atoms with Crippen molar-refractivity contribution in [2.24, 2.45) is 0 Å². The van der Waals surface area contributed by atoms with Crippen LogP contribution < -0.4 is 0 Å². The molecule has 5 heteroatoms. The van der Waals surface area contributed by atoms with Gasteiger partial charge in [0.25, 0.3) is 0 Å². The summed E-state index contributed by atoms with van der Waals surface area (Å²) in [5.74, 6) is 0. The van der Waals surface area contributed by atoms with Crippen LogP contribution in [-0.4, -0.2) is 52.6 Å². The van der Waals surface area contributed by atoms with Crippen LogP contribution in [0.4, 0.5) is 0 Å². The summed E-state index contributed by atoms with van der Waals surface area (Å²) in [6, 6.07) is 0. The first kappa shape index (κ1) is 11.9. The lowest BCUT2D eigenvalue weighted by Crippen LogP contribution is -2.57. The van der Waals surface area contributed by atoms with E-state index in [2.05, 4.69) is 0 Å². The molecule has 0 aromatic rings. The van der Waals surface area contributed by atoms with E-state index in [9.17, 15) is 15.3 Å². The fourth-order valence-electron chi connectivity index (χ4n) is 1.39. The summed E-state index contributed by atoms with van der Waals surface area (Å²) in [5.41, 5.74) is 0. The third-order valence-electron chi connectivity index (χ3n) is 2.29. The Hall–Kier alpha value is -0.200. The molecule has 0 radical (unpaired) electrons. The molecule has 0 aromatic heterocycles. The molecule has 1 fully saturated rings. The molecule has 0 saturated carbocycles. The maximum Gasteiger partial charge on any atom is 0.186 e. The molecule has 1 aliphatic heterocycles. The van der Waals surface area contributed by atoms with Gasteiger partial charge in [-0.15, -0.1) is 0 Å². The lowest BCUT2D eigenvalue weighted by atomic mass is 10.0. The molecule has 5 atom stereocenters. The van der Waals surface area contributed by atoms with Crippen molar-refractivity contribution in [1.82, 2.24) is 0 Å². The number of hydrogen-bond donors (Lipinski definition) is 3. The number of hydrogen-bond acceptors (Lipinski definition) is 5. The average molecular weight is 206 g/mol. The highest BCUT2D eigenvalue weighted by molar-refractivity contribution is 4.86. The van der Waals surface area contributed by atoms with Crippen LogP contribution in [0.2, 0.25) is 0 Å². The van der Waals surface area contributed by atoms with Crippen LogP contribution in [0.25, 0.3) is 0 Å². The zero-order chi connectivity index (χ0) is 10.7. The van der Waals surface area contributed by atoms with Crippen LogP contribution >= 0.6 is 0 Å². The van der Waals surface area contributed by atoms with Crippen molar-refractivity contribution in [1.29, 1.82) is 0 Å². The van der Waals surface area contributed by atoms with E-state index in [1.807, 2.05) is 6.92 Å². The highest BCUT2D eigenvalue weighted by Crippen LogP contribution is 2.21. The van der Waals surface area contributed by atoms with Crippen LogP contribution in [0.15, 0.2) is 0 Å². The molecule has 0 aromatic carbocycles. The molecule has 1 aliphatic rings. The fourth-order valence-corrected chi connectivity index (χ4v) is 1.39. The van der Waals surface area contributed by atoms with Crippen molar-refractivity contribution >= 4 is 0 Å². The fraction of sp³-hybridized carbons (Fsp3) is 1.00. The summed E-state index contributed by atoms with van der Waals surface area (Å²) in [6.07, 6.45) is -4.03. The first-order valence-electron chi connectivity index (χ1n) is 4.89. The van der Waals surface area contributed by atoms with Gasteiger partial charge in [0.05, 0.1) is 6.10 Å². The molecule has 14 heavy (non-hydrogen) atoms. The largest absolute Gasteiger partial charge is 0.388 e. The standard InChI is InChI=1S/C9H18O5/c1-3-4-13-9-8(12)7(11)6(10)5(2)14-9/h5-12H,3-4H2,1-2H3/t5-,6?,7+,8-,9-/m0/s1. The van der Waals surface area contributed by atoms with Crippen molar-refractivity contribution in [3.05, 3.63) is 0 Å².